The molecule has 2 aromatic rings. The number of nitrogens with zero attached hydrogens (tertiary/aromatic N) is 2. The van der Waals surface area contributed by atoms with Crippen molar-refractivity contribution in [2.45, 2.75) is 44.1 Å². The zero-order chi connectivity index (χ0) is 20.4. The monoisotopic (exact) mass is 393 g/mol. The van der Waals surface area contributed by atoms with Crippen molar-refractivity contribution in [3.8, 4) is 0 Å². The predicted molar refractivity (Wildman–Crippen MR) is 111 cm³/mol. The first kappa shape index (κ1) is 19.6. The molecule has 2 amide bonds. The maximum Gasteiger partial charge on any atom is 0.254 e. The average Bonchev–Trinajstić information content (AvgIpc) is 3.18. The van der Waals surface area contributed by atoms with Gasteiger partial charge >= 0.3 is 0 Å². The molecule has 1 saturated carbocycles. The van der Waals surface area contributed by atoms with Crippen LogP contribution in [-0.4, -0.2) is 47.5 Å². The van der Waals surface area contributed by atoms with Gasteiger partial charge in [0.25, 0.3) is 5.91 Å². The molecule has 1 aliphatic carbocycles. The van der Waals surface area contributed by atoms with Crippen LogP contribution in [0.5, 0.6) is 0 Å². The van der Waals surface area contributed by atoms with Crippen LogP contribution in [0.1, 0.15) is 53.2 Å². The Kier molecular flexibility index (Phi) is 5.37. The van der Waals surface area contributed by atoms with Crippen molar-refractivity contribution in [3.05, 3.63) is 59.3 Å². The number of aryl methyl sites for hydroxylation is 1. The Morgan fingerprint density at radius 2 is 1.97 bits per heavy atom. The lowest BCUT2D eigenvalue weighted by atomic mass is 9.71. The van der Waals surface area contributed by atoms with Gasteiger partial charge in [-0.1, -0.05) is 37.1 Å². The first-order valence-corrected chi connectivity index (χ1v) is 10.2. The predicted octanol–water partition coefficient (Wildman–Crippen LogP) is 3.53. The summed E-state index contributed by atoms with van der Waals surface area (Å²) >= 11 is 0. The molecule has 1 aromatic heterocycles. The number of ether oxygens (including phenoxy) is 1. The summed E-state index contributed by atoms with van der Waals surface area (Å²) in [6, 6.07) is 13.1. The fourth-order valence-electron chi connectivity index (χ4n) is 4.99. The Hall–Kier alpha value is -2.73. The molecule has 1 spiro atoms. The zero-order valence-electron chi connectivity index (χ0n) is 17.0. The van der Waals surface area contributed by atoms with Crippen LogP contribution >= 0.6 is 0 Å². The van der Waals surface area contributed by atoms with Gasteiger partial charge in [0.15, 0.2) is 0 Å². The number of methoxy groups -OCH3 is 1. The topological polar surface area (TPSA) is 71.5 Å². The summed E-state index contributed by atoms with van der Waals surface area (Å²) in [7, 11) is 1.64. The number of benzene rings is 1. The minimum Gasteiger partial charge on any atom is -0.383 e. The number of pyridine rings is 1. The number of nitrogens with one attached hydrogen (secondary N) is 1. The molecule has 2 heterocycles. The van der Waals surface area contributed by atoms with E-state index in [1.807, 2.05) is 48.2 Å². The summed E-state index contributed by atoms with van der Waals surface area (Å²) < 4.78 is 5.28. The Balaban J connectivity index is 1.78. The van der Waals surface area contributed by atoms with Crippen molar-refractivity contribution >= 4 is 17.6 Å². The number of hydrogen-bond donors (Lipinski definition) is 1. The van der Waals surface area contributed by atoms with E-state index in [0.29, 0.717) is 24.5 Å². The molecule has 1 fully saturated rings. The van der Waals surface area contributed by atoms with Gasteiger partial charge < -0.3 is 15.0 Å². The molecule has 1 aliphatic heterocycles. The quantitative estimate of drug-likeness (QED) is 0.844. The third kappa shape index (κ3) is 3.42. The van der Waals surface area contributed by atoms with Gasteiger partial charge in [0.2, 0.25) is 5.91 Å². The highest BCUT2D eigenvalue weighted by Gasteiger charge is 2.55. The molecular formula is C23H27N3O3. The second kappa shape index (κ2) is 7.95. The minimum absolute atomic E-state index is 0.00252. The number of carbonyl (C=O) groups is 2. The van der Waals surface area contributed by atoms with Crippen LogP contribution in [0.4, 0.5) is 5.82 Å². The standard InChI is InChI=1S/C23H27N3O3/c1-16-8-7-11-19(24-16)25-21(27)20-17-9-3-4-10-18(17)22(28)26(14-15-29-2)23(20)12-5-6-13-23/h3-4,7-11,20H,5-6,12-15H2,1-2H3,(H,24,25,27)/t20-/m0/s1. The van der Waals surface area contributed by atoms with E-state index in [-0.39, 0.29) is 11.8 Å². The van der Waals surface area contributed by atoms with Crippen LogP contribution in [0.25, 0.3) is 0 Å². The lowest BCUT2D eigenvalue weighted by Gasteiger charge is -2.50. The van der Waals surface area contributed by atoms with Crippen molar-refractivity contribution in [2.75, 3.05) is 25.6 Å². The summed E-state index contributed by atoms with van der Waals surface area (Å²) in [4.78, 5) is 33.3. The molecular weight excluding hydrogens is 366 g/mol. The Morgan fingerprint density at radius 3 is 2.69 bits per heavy atom. The van der Waals surface area contributed by atoms with E-state index in [0.717, 1.165) is 36.9 Å². The Labute approximate surface area is 171 Å². The highest BCUT2D eigenvalue weighted by molar-refractivity contribution is 6.04. The van der Waals surface area contributed by atoms with Gasteiger partial charge in [-0.15, -0.1) is 0 Å². The molecule has 0 unspecified atom stereocenters. The molecule has 6 heteroatoms. The lowest BCUT2D eigenvalue weighted by Crippen LogP contribution is -2.60. The summed E-state index contributed by atoms with van der Waals surface area (Å²) in [5.74, 6) is 0.00341. The maximum atomic E-state index is 13.6. The van der Waals surface area contributed by atoms with Gasteiger partial charge in [-0.25, -0.2) is 4.98 Å². The van der Waals surface area contributed by atoms with Gasteiger partial charge in [0.1, 0.15) is 5.82 Å². The van der Waals surface area contributed by atoms with Crippen LogP contribution in [0.2, 0.25) is 0 Å². The molecule has 1 aromatic carbocycles. The molecule has 1 atom stereocenters. The minimum atomic E-state index is -0.516. The van der Waals surface area contributed by atoms with E-state index in [1.165, 1.54) is 0 Å². The van der Waals surface area contributed by atoms with Gasteiger partial charge in [-0.05, 0) is 43.5 Å². The largest absolute Gasteiger partial charge is 0.383 e. The van der Waals surface area contributed by atoms with Gasteiger partial charge in [0.05, 0.1) is 18.1 Å². The zero-order valence-corrected chi connectivity index (χ0v) is 17.0. The van der Waals surface area contributed by atoms with Crippen molar-refractivity contribution < 1.29 is 14.3 Å². The van der Waals surface area contributed by atoms with Crippen LogP contribution < -0.4 is 5.32 Å². The van der Waals surface area contributed by atoms with E-state index < -0.39 is 11.5 Å². The van der Waals surface area contributed by atoms with E-state index in [2.05, 4.69) is 10.3 Å². The molecule has 1 N–H and O–H groups in total. The lowest BCUT2D eigenvalue weighted by molar-refractivity contribution is -0.121. The van der Waals surface area contributed by atoms with Gasteiger partial charge in [0, 0.05) is 24.9 Å². The second-order valence-electron chi connectivity index (χ2n) is 7.93. The molecule has 0 bridgehead atoms. The molecule has 29 heavy (non-hydrogen) atoms. The number of anilines is 1. The Bertz CT molecular complexity index is 921. The highest BCUT2D eigenvalue weighted by atomic mass is 16.5. The van der Waals surface area contributed by atoms with E-state index >= 15 is 0 Å². The average molecular weight is 393 g/mol. The second-order valence-corrected chi connectivity index (χ2v) is 7.93. The smallest absolute Gasteiger partial charge is 0.254 e. The highest BCUT2D eigenvalue weighted by Crippen LogP contribution is 2.50. The number of fused-ring (bicyclic) bond motifs is 1. The normalized spacial score (nSPS) is 20.0. The van der Waals surface area contributed by atoms with Gasteiger partial charge in [-0.3, -0.25) is 9.59 Å². The summed E-state index contributed by atoms with van der Waals surface area (Å²) in [6.45, 7) is 2.83. The Morgan fingerprint density at radius 1 is 1.21 bits per heavy atom. The summed E-state index contributed by atoms with van der Waals surface area (Å²) in [5, 5.41) is 3.02. The van der Waals surface area contributed by atoms with Crippen LogP contribution in [-0.2, 0) is 9.53 Å². The van der Waals surface area contributed by atoms with Crippen molar-refractivity contribution in [3.63, 3.8) is 0 Å². The molecule has 2 aliphatic rings. The van der Waals surface area contributed by atoms with Crippen molar-refractivity contribution in [2.24, 2.45) is 0 Å². The number of rotatable bonds is 5. The van der Waals surface area contributed by atoms with Crippen LogP contribution in [0, 0.1) is 6.92 Å². The fraction of sp³-hybridized carbons (Fsp3) is 0.435. The molecule has 0 radical (unpaired) electrons. The maximum absolute atomic E-state index is 13.6. The van der Waals surface area contributed by atoms with Crippen LogP contribution in [0.15, 0.2) is 42.5 Å². The van der Waals surface area contributed by atoms with E-state index in [4.69, 9.17) is 4.74 Å². The van der Waals surface area contributed by atoms with E-state index in [1.54, 1.807) is 13.2 Å². The fourth-order valence-corrected chi connectivity index (χ4v) is 4.99. The molecule has 4 rings (SSSR count). The van der Waals surface area contributed by atoms with Crippen molar-refractivity contribution in [1.29, 1.82) is 0 Å². The first-order chi connectivity index (χ1) is 14.1. The van der Waals surface area contributed by atoms with E-state index in [9.17, 15) is 9.59 Å². The number of carbonyl (C=O) groups excluding carboxylic acids is 2. The first-order valence-electron chi connectivity index (χ1n) is 10.2. The number of amides is 2. The summed E-state index contributed by atoms with van der Waals surface area (Å²) in [6.07, 6.45) is 3.64. The molecule has 152 valence electrons. The summed E-state index contributed by atoms with van der Waals surface area (Å²) in [5.41, 5.74) is 1.76. The van der Waals surface area contributed by atoms with Crippen molar-refractivity contribution in [1.82, 2.24) is 9.88 Å². The van der Waals surface area contributed by atoms with Gasteiger partial charge in [-0.2, -0.15) is 0 Å². The number of hydrogen-bond acceptors (Lipinski definition) is 4. The third-order valence-electron chi connectivity index (χ3n) is 6.21. The number of aromatic nitrogens is 1. The third-order valence-corrected chi connectivity index (χ3v) is 6.21. The van der Waals surface area contributed by atoms with Crippen LogP contribution in [0.3, 0.4) is 0 Å². The SMILES string of the molecule is COCCN1C(=O)c2ccccc2[C@@H](C(=O)Nc2cccc(C)n2)C12CCCC2. The molecule has 6 nitrogen and oxygen atoms in total. The molecule has 0 saturated heterocycles.